The minimum absolute atomic E-state index is 0.141. The first-order chi connectivity index (χ1) is 8.06. The van der Waals surface area contributed by atoms with Crippen molar-refractivity contribution in [3.63, 3.8) is 0 Å². The van der Waals surface area contributed by atoms with Crippen LogP contribution >= 0.6 is 0 Å². The highest BCUT2D eigenvalue weighted by Crippen LogP contribution is 2.17. The summed E-state index contributed by atoms with van der Waals surface area (Å²) in [4.78, 5) is 10.9. The van der Waals surface area contributed by atoms with Gasteiger partial charge >= 0.3 is 0 Å². The zero-order valence-corrected chi connectivity index (χ0v) is 10.6. The Bertz CT molecular complexity index is 374. The van der Waals surface area contributed by atoms with Gasteiger partial charge in [-0.2, -0.15) is 0 Å². The molecule has 1 rings (SSSR count). The molecule has 1 amide bonds. The number of nitrogens with zero attached hydrogens (tertiary/aromatic N) is 3. The van der Waals surface area contributed by atoms with Gasteiger partial charge in [0.15, 0.2) is 0 Å². The molecule has 0 aromatic carbocycles. The lowest BCUT2D eigenvalue weighted by atomic mass is 10.1. The summed E-state index contributed by atoms with van der Waals surface area (Å²) < 4.78 is 7.07. The van der Waals surface area contributed by atoms with Crippen molar-refractivity contribution in [1.29, 1.82) is 0 Å². The fraction of sp³-hybridized carbons (Fsp3) is 0.727. The van der Waals surface area contributed by atoms with Gasteiger partial charge in [0.2, 0.25) is 5.91 Å². The van der Waals surface area contributed by atoms with Crippen LogP contribution in [0.1, 0.15) is 38.1 Å². The molecule has 0 aliphatic rings. The maximum absolute atomic E-state index is 10.9. The van der Waals surface area contributed by atoms with Crippen LogP contribution in [0, 0.1) is 0 Å². The Labute approximate surface area is 101 Å². The fourth-order valence-corrected chi connectivity index (χ4v) is 1.74. The number of carbonyl (C=O) groups excluding carboxylic acids is 1. The van der Waals surface area contributed by atoms with Crippen molar-refractivity contribution in [2.24, 2.45) is 5.73 Å². The van der Waals surface area contributed by atoms with Crippen LogP contribution in [0.25, 0.3) is 0 Å². The highest BCUT2D eigenvalue weighted by atomic mass is 16.5. The average molecular weight is 240 g/mol. The van der Waals surface area contributed by atoms with Gasteiger partial charge in [0.25, 0.3) is 0 Å². The van der Waals surface area contributed by atoms with Crippen molar-refractivity contribution in [3.05, 3.63) is 11.4 Å². The SMILES string of the molecule is CCOCCn1nnc(CC(N)=O)c1C(C)C. The van der Waals surface area contributed by atoms with Gasteiger partial charge in [0, 0.05) is 6.61 Å². The molecule has 0 atom stereocenters. The molecule has 6 nitrogen and oxygen atoms in total. The topological polar surface area (TPSA) is 83.0 Å². The van der Waals surface area contributed by atoms with Gasteiger partial charge in [-0.25, -0.2) is 4.68 Å². The predicted molar refractivity (Wildman–Crippen MR) is 63.5 cm³/mol. The fourth-order valence-electron chi connectivity index (χ4n) is 1.74. The maximum Gasteiger partial charge on any atom is 0.223 e. The van der Waals surface area contributed by atoms with E-state index >= 15 is 0 Å². The number of ether oxygens (including phenoxy) is 1. The third-order valence-electron chi connectivity index (χ3n) is 2.39. The van der Waals surface area contributed by atoms with Crippen molar-refractivity contribution < 1.29 is 9.53 Å². The largest absolute Gasteiger partial charge is 0.380 e. The monoisotopic (exact) mass is 240 g/mol. The van der Waals surface area contributed by atoms with E-state index in [2.05, 4.69) is 10.3 Å². The zero-order valence-electron chi connectivity index (χ0n) is 10.6. The summed E-state index contributed by atoms with van der Waals surface area (Å²) in [7, 11) is 0. The Morgan fingerprint density at radius 2 is 2.24 bits per heavy atom. The van der Waals surface area contributed by atoms with E-state index in [1.807, 2.05) is 20.8 Å². The first-order valence-corrected chi connectivity index (χ1v) is 5.84. The molecule has 0 saturated carbocycles. The molecule has 1 heterocycles. The van der Waals surface area contributed by atoms with Gasteiger partial charge in [0.05, 0.1) is 31.0 Å². The number of carbonyl (C=O) groups is 1. The molecule has 96 valence electrons. The highest BCUT2D eigenvalue weighted by molar-refractivity contribution is 5.76. The van der Waals surface area contributed by atoms with E-state index in [-0.39, 0.29) is 18.2 Å². The van der Waals surface area contributed by atoms with Crippen LogP contribution in [-0.2, 0) is 22.5 Å². The second-order valence-electron chi connectivity index (χ2n) is 4.14. The molecular formula is C11H20N4O2. The number of amides is 1. The molecule has 0 unspecified atom stereocenters. The third kappa shape index (κ3) is 3.81. The third-order valence-corrected chi connectivity index (χ3v) is 2.39. The molecule has 0 aliphatic heterocycles. The molecule has 0 radical (unpaired) electrons. The maximum atomic E-state index is 10.9. The Kier molecular flexibility index (Phi) is 5.09. The molecule has 0 fully saturated rings. The smallest absolute Gasteiger partial charge is 0.223 e. The zero-order chi connectivity index (χ0) is 12.8. The first kappa shape index (κ1) is 13.6. The lowest BCUT2D eigenvalue weighted by Gasteiger charge is -2.10. The lowest BCUT2D eigenvalue weighted by molar-refractivity contribution is -0.117. The van der Waals surface area contributed by atoms with Gasteiger partial charge in [-0.15, -0.1) is 5.10 Å². The molecular weight excluding hydrogens is 220 g/mol. The number of nitrogens with two attached hydrogens (primary N) is 1. The molecule has 2 N–H and O–H groups in total. The number of hydrogen-bond acceptors (Lipinski definition) is 4. The van der Waals surface area contributed by atoms with E-state index in [0.717, 1.165) is 5.69 Å². The van der Waals surface area contributed by atoms with Crippen molar-refractivity contribution in [2.45, 2.75) is 39.7 Å². The second kappa shape index (κ2) is 6.34. The van der Waals surface area contributed by atoms with E-state index in [9.17, 15) is 4.79 Å². The molecule has 0 spiro atoms. The van der Waals surface area contributed by atoms with E-state index in [1.165, 1.54) is 0 Å². The minimum Gasteiger partial charge on any atom is -0.380 e. The van der Waals surface area contributed by atoms with Crippen LogP contribution in [0.3, 0.4) is 0 Å². The summed E-state index contributed by atoms with van der Waals surface area (Å²) >= 11 is 0. The quantitative estimate of drug-likeness (QED) is 0.702. The molecule has 0 saturated heterocycles. The molecule has 1 aromatic rings. The van der Waals surface area contributed by atoms with Crippen LogP contribution < -0.4 is 5.73 Å². The lowest BCUT2D eigenvalue weighted by Crippen LogP contribution is -2.17. The van der Waals surface area contributed by atoms with Crippen LogP contribution in [0.4, 0.5) is 0 Å². The van der Waals surface area contributed by atoms with Crippen molar-refractivity contribution in [3.8, 4) is 0 Å². The Morgan fingerprint density at radius 1 is 1.53 bits per heavy atom. The number of hydrogen-bond donors (Lipinski definition) is 1. The van der Waals surface area contributed by atoms with Gasteiger partial charge in [-0.1, -0.05) is 19.1 Å². The molecule has 1 aromatic heterocycles. The normalized spacial score (nSPS) is 11.1. The highest BCUT2D eigenvalue weighted by Gasteiger charge is 2.17. The Morgan fingerprint density at radius 3 is 2.76 bits per heavy atom. The van der Waals surface area contributed by atoms with Crippen LogP contribution in [0.15, 0.2) is 0 Å². The summed E-state index contributed by atoms with van der Waals surface area (Å²) in [5, 5.41) is 8.05. The van der Waals surface area contributed by atoms with Gasteiger partial charge < -0.3 is 10.5 Å². The van der Waals surface area contributed by atoms with Crippen molar-refractivity contribution >= 4 is 5.91 Å². The van der Waals surface area contributed by atoms with Crippen LogP contribution in [0.2, 0.25) is 0 Å². The van der Waals surface area contributed by atoms with Crippen LogP contribution in [0.5, 0.6) is 0 Å². The standard InChI is InChI=1S/C11H20N4O2/c1-4-17-6-5-15-11(8(2)3)9(13-14-15)7-10(12)16/h8H,4-7H2,1-3H3,(H2,12,16). The number of rotatable bonds is 7. The number of primary amides is 1. The predicted octanol–water partition coefficient (Wildman–Crippen LogP) is 0.466. The molecule has 0 bridgehead atoms. The van der Waals surface area contributed by atoms with Gasteiger partial charge in [-0.3, -0.25) is 4.79 Å². The Hall–Kier alpha value is -1.43. The van der Waals surface area contributed by atoms with E-state index in [0.29, 0.717) is 25.5 Å². The summed E-state index contributed by atoms with van der Waals surface area (Å²) in [5.41, 5.74) is 6.82. The molecule has 17 heavy (non-hydrogen) atoms. The van der Waals surface area contributed by atoms with E-state index in [1.54, 1.807) is 4.68 Å². The van der Waals surface area contributed by atoms with Crippen LogP contribution in [-0.4, -0.2) is 34.1 Å². The van der Waals surface area contributed by atoms with E-state index < -0.39 is 0 Å². The van der Waals surface area contributed by atoms with Gasteiger partial charge in [0.1, 0.15) is 0 Å². The first-order valence-electron chi connectivity index (χ1n) is 5.84. The summed E-state index contributed by atoms with van der Waals surface area (Å²) in [5.74, 6) is -0.135. The van der Waals surface area contributed by atoms with Crippen molar-refractivity contribution in [1.82, 2.24) is 15.0 Å². The van der Waals surface area contributed by atoms with Gasteiger partial charge in [-0.05, 0) is 12.8 Å². The molecule has 0 aliphatic carbocycles. The summed E-state index contributed by atoms with van der Waals surface area (Å²) in [6.45, 7) is 7.95. The molecule has 6 heteroatoms. The second-order valence-corrected chi connectivity index (χ2v) is 4.14. The summed E-state index contributed by atoms with van der Waals surface area (Å²) in [6.07, 6.45) is 0.141. The number of aromatic nitrogens is 3. The Balaban J connectivity index is 2.82. The minimum atomic E-state index is -0.385. The summed E-state index contributed by atoms with van der Waals surface area (Å²) in [6, 6.07) is 0. The van der Waals surface area contributed by atoms with Crippen molar-refractivity contribution in [2.75, 3.05) is 13.2 Å². The van der Waals surface area contributed by atoms with E-state index in [4.69, 9.17) is 10.5 Å². The average Bonchev–Trinajstić information content (AvgIpc) is 2.60.